The highest BCUT2D eigenvalue weighted by Crippen LogP contribution is 2.19. The van der Waals surface area contributed by atoms with Crippen molar-refractivity contribution < 1.29 is 18.0 Å². The van der Waals surface area contributed by atoms with Gasteiger partial charge in [-0.3, -0.25) is 4.79 Å². The Bertz CT molecular complexity index is 221. The molecule has 0 saturated heterocycles. The third-order valence-electron chi connectivity index (χ3n) is 1.65. The largest absolute Gasteiger partial charge is 0.397 e. The maximum absolute atomic E-state index is 11.7. The van der Waals surface area contributed by atoms with Gasteiger partial charge in [0, 0.05) is 6.54 Å². The van der Waals surface area contributed by atoms with Crippen molar-refractivity contribution in [3.8, 4) is 0 Å². The van der Waals surface area contributed by atoms with Crippen LogP contribution in [0.15, 0.2) is 12.7 Å². The molecular formula is C9H14F3NO. The fourth-order valence-corrected chi connectivity index (χ4v) is 0.643. The predicted octanol–water partition coefficient (Wildman–Crippen LogP) is 2.27. The van der Waals surface area contributed by atoms with Gasteiger partial charge in [-0.15, -0.1) is 6.58 Å². The van der Waals surface area contributed by atoms with E-state index >= 15 is 0 Å². The zero-order valence-corrected chi connectivity index (χ0v) is 8.24. The highest BCUT2D eigenvalue weighted by Gasteiger charge is 2.31. The molecule has 0 aromatic carbocycles. The standard InChI is InChI=1S/C9H14F3NO/c1-4-8(2,3)6-13-7(14)5-9(10,11)12/h4H,1,5-6H2,2-3H3,(H,13,14). The molecule has 0 radical (unpaired) electrons. The monoisotopic (exact) mass is 209 g/mol. The van der Waals surface area contributed by atoms with Crippen LogP contribution < -0.4 is 5.32 Å². The normalized spacial score (nSPS) is 12.4. The molecule has 1 amide bonds. The van der Waals surface area contributed by atoms with E-state index < -0.39 is 18.5 Å². The number of carbonyl (C=O) groups is 1. The first-order chi connectivity index (χ1) is 6.16. The summed E-state index contributed by atoms with van der Waals surface area (Å²) in [6.07, 6.45) is -4.29. The minimum Gasteiger partial charge on any atom is -0.355 e. The van der Waals surface area contributed by atoms with E-state index in [1.54, 1.807) is 19.9 Å². The summed E-state index contributed by atoms with van der Waals surface area (Å²) in [5.41, 5.74) is -0.388. The molecule has 0 heterocycles. The molecule has 0 aromatic rings. The second kappa shape index (κ2) is 4.48. The van der Waals surface area contributed by atoms with Gasteiger partial charge in [0.05, 0.1) is 0 Å². The van der Waals surface area contributed by atoms with Crippen LogP contribution in [0.5, 0.6) is 0 Å². The van der Waals surface area contributed by atoms with E-state index in [-0.39, 0.29) is 12.0 Å². The first kappa shape index (κ1) is 13.0. The Morgan fingerprint density at radius 1 is 1.43 bits per heavy atom. The predicted molar refractivity (Wildman–Crippen MR) is 47.7 cm³/mol. The SMILES string of the molecule is C=CC(C)(C)CNC(=O)CC(F)(F)F. The fourth-order valence-electron chi connectivity index (χ4n) is 0.643. The third-order valence-corrected chi connectivity index (χ3v) is 1.65. The summed E-state index contributed by atoms with van der Waals surface area (Å²) < 4.78 is 35.2. The van der Waals surface area contributed by atoms with Gasteiger partial charge in [0.25, 0.3) is 0 Å². The second-order valence-corrected chi connectivity index (χ2v) is 3.76. The van der Waals surface area contributed by atoms with Crippen molar-refractivity contribution in [3.05, 3.63) is 12.7 Å². The van der Waals surface area contributed by atoms with E-state index in [1.165, 1.54) is 0 Å². The van der Waals surface area contributed by atoms with Crippen molar-refractivity contribution in [3.63, 3.8) is 0 Å². The minimum atomic E-state index is -4.44. The molecule has 0 saturated carbocycles. The Morgan fingerprint density at radius 2 is 1.93 bits per heavy atom. The summed E-state index contributed by atoms with van der Waals surface area (Å²) in [6, 6.07) is 0. The first-order valence-electron chi connectivity index (χ1n) is 4.13. The van der Waals surface area contributed by atoms with Gasteiger partial charge in [0.15, 0.2) is 0 Å². The molecule has 0 atom stereocenters. The second-order valence-electron chi connectivity index (χ2n) is 3.76. The lowest BCUT2D eigenvalue weighted by atomic mass is 9.94. The van der Waals surface area contributed by atoms with E-state index in [9.17, 15) is 18.0 Å². The quantitative estimate of drug-likeness (QED) is 0.707. The van der Waals surface area contributed by atoms with Crippen LogP contribution in [0.4, 0.5) is 13.2 Å². The molecule has 0 rings (SSSR count). The molecule has 1 N–H and O–H groups in total. The molecular weight excluding hydrogens is 195 g/mol. The van der Waals surface area contributed by atoms with Crippen molar-refractivity contribution in [2.45, 2.75) is 26.4 Å². The maximum atomic E-state index is 11.7. The Morgan fingerprint density at radius 3 is 2.29 bits per heavy atom. The van der Waals surface area contributed by atoms with Gasteiger partial charge in [-0.05, 0) is 5.41 Å². The maximum Gasteiger partial charge on any atom is 0.397 e. The summed E-state index contributed by atoms with van der Waals surface area (Å²) in [4.78, 5) is 10.8. The summed E-state index contributed by atoms with van der Waals surface area (Å²) >= 11 is 0. The van der Waals surface area contributed by atoms with Gasteiger partial charge in [-0.2, -0.15) is 13.2 Å². The van der Waals surface area contributed by atoms with E-state index in [4.69, 9.17) is 0 Å². The number of alkyl halides is 3. The smallest absolute Gasteiger partial charge is 0.355 e. The zero-order valence-electron chi connectivity index (χ0n) is 8.24. The molecule has 14 heavy (non-hydrogen) atoms. The van der Waals surface area contributed by atoms with Gasteiger partial charge in [-0.25, -0.2) is 0 Å². The zero-order chi connectivity index (χ0) is 11.4. The highest BCUT2D eigenvalue weighted by atomic mass is 19.4. The first-order valence-corrected chi connectivity index (χ1v) is 4.13. The number of hydrogen-bond acceptors (Lipinski definition) is 1. The topological polar surface area (TPSA) is 29.1 Å². The average Bonchev–Trinajstić information content (AvgIpc) is 1.98. The van der Waals surface area contributed by atoms with E-state index in [1.807, 2.05) is 0 Å². The number of amides is 1. The Hall–Kier alpha value is -1.00. The summed E-state index contributed by atoms with van der Waals surface area (Å²) in [6.45, 7) is 7.21. The van der Waals surface area contributed by atoms with Crippen molar-refractivity contribution >= 4 is 5.91 Å². The number of hydrogen-bond donors (Lipinski definition) is 1. The van der Waals surface area contributed by atoms with Gasteiger partial charge in [-0.1, -0.05) is 19.9 Å². The minimum absolute atomic E-state index is 0.158. The molecule has 5 heteroatoms. The molecule has 0 unspecified atom stereocenters. The van der Waals surface area contributed by atoms with Crippen LogP contribution in [0.25, 0.3) is 0 Å². The van der Waals surface area contributed by atoms with Crippen LogP contribution in [0.2, 0.25) is 0 Å². The number of carbonyl (C=O) groups excluding carboxylic acids is 1. The number of nitrogens with one attached hydrogen (secondary N) is 1. The molecule has 0 aliphatic rings. The molecule has 82 valence electrons. The molecule has 0 fully saturated rings. The summed E-state index contributed by atoms with van der Waals surface area (Å²) in [5, 5.41) is 2.20. The van der Waals surface area contributed by atoms with Crippen LogP contribution in [0.1, 0.15) is 20.3 Å². The molecule has 0 spiro atoms. The molecule has 0 aliphatic carbocycles. The van der Waals surface area contributed by atoms with Crippen LogP contribution in [0, 0.1) is 5.41 Å². The van der Waals surface area contributed by atoms with E-state index in [0.29, 0.717) is 0 Å². The summed E-state index contributed by atoms with van der Waals surface area (Å²) in [7, 11) is 0. The lowest BCUT2D eigenvalue weighted by molar-refractivity contribution is -0.153. The number of halogens is 3. The Kier molecular flexibility index (Phi) is 4.16. The molecule has 0 aromatic heterocycles. The highest BCUT2D eigenvalue weighted by molar-refractivity contribution is 5.76. The van der Waals surface area contributed by atoms with Crippen LogP contribution >= 0.6 is 0 Å². The van der Waals surface area contributed by atoms with Crippen LogP contribution in [-0.2, 0) is 4.79 Å². The van der Waals surface area contributed by atoms with E-state index in [2.05, 4.69) is 11.9 Å². The fraction of sp³-hybridized carbons (Fsp3) is 0.667. The summed E-state index contributed by atoms with van der Waals surface area (Å²) in [5.74, 6) is -1.01. The lowest BCUT2D eigenvalue weighted by Gasteiger charge is -2.20. The van der Waals surface area contributed by atoms with Crippen molar-refractivity contribution in [1.29, 1.82) is 0 Å². The van der Waals surface area contributed by atoms with Crippen LogP contribution in [-0.4, -0.2) is 18.6 Å². The van der Waals surface area contributed by atoms with E-state index in [0.717, 1.165) is 0 Å². The Labute approximate surface area is 81.2 Å². The average molecular weight is 209 g/mol. The molecule has 2 nitrogen and oxygen atoms in total. The van der Waals surface area contributed by atoms with Crippen molar-refractivity contribution in [2.75, 3.05) is 6.54 Å². The number of rotatable bonds is 4. The van der Waals surface area contributed by atoms with Gasteiger partial charge in [0.1, 0.15) is 6.42 Å². The van der Waals surface area contributed by atoms with Gasteiger partial charge < -0.3 is 5.32 Å². The molecule has 0 aliphatic heterocycles. The third kappa shape index (κ3) is 6.51. The molecule has 0 bridgehead atoms. The Balaban J connectivity index is 3.93. The van der Waals surface area contributed by atoms with Crippen molar-refractivity contribution in [1.82, 2.24) is 5.32 Å². The van der Waals surface area contributed by atoms with Crippen LogP contribution in [0.3, 0.4) is 0 Å². The van der Waals surface area contributed by atoms with Crippen molar-refractivity contribution in [2.24, 2.45) is 5.41 Å². The van der Waals surface area contributed by atoms with Gasteiger partial charge in [0.2, 0.25) is 5.91 Å². The van der Waals surface area contributed by atoms with Gasteiger partial charge >= 0.3 is 6.18 Å². The lowest BCUT2D eigenvalue weighted by Crippen LogP contribution is -2.35.